The van der Waals surface area contributed by atoms with Crippen LogP contribution in [0.2, 0.25) is 0 Å². The lowest BCUT2D eigenvalue weighted by Crippen LogP contribution is -1.98. The third-order valence-corrected chi connectivity index (χ3v) is 3.27. The van der Waals surface area contributed by atoms with Crippen molar-refractivity contribution in [1.82, 2.24) is 0 Å². The smallest absolute Gasteiger partial charge is 0.164 e. The molecule has 0 unspecified atom stereocenters. The van der Waals surface area contributed by atoms with Crippen molar-refractivity contribution in [1.29, 1.82) is 0 Å². The van der Waals surface area contributed by atoms with Crippen LogP contribution in [-0.4, -0.2) is 26.5 Å². The fraction of sp³-hybridized carbons (Fsp3) is 0.235. The highest BCUT2D eigenvalue weighted by atomic mass is 16.5. The van der Waals surface area contributed by atoms with Crippen molar-refractivity contribution in [3.63, 3.8) is 0 Å². The Hall–Kier alpha value is -2.69. The fourth-order valence-electron chi connectivity index (χ4n) is 2.17. The minimum absolute atomic E-state index is 0.651. The van der Waals surface area contributed by atoms with Crippen molar-refractivity contribution < 1.29 is 14.2 Å². The number of para-hydroxylation sites is 1. The first-order chi connectivity index (χ1) is 10.9. The Kier molecular flexibility index (Phi) is 4.44. The van der Waals surface area contributed by atoms with Crippen LogP contribution in [0.15, 0.2) is 47.6 Å². The predicted molar refractivity (Wildman–Crippen MR) is 86.3 cm³/mol. The minimum atomic E-state index is 0.651. The molecule has 1 N–H and O–H groups in total. The number of rotatable bonds is 4. The van der Waals surface area contributed by atoms with Crippen molar-refractivity contribution in [3.8, 4) is 17.2 Å². The number of hydrogen-bond donors (Lipinski definition) is 1. The molecule has 0 fully saturated rings. The van der Waals surface area contributed by atoms with Crippen LogP contribution in [0.3, 0.4) is 0 Å². The Labute approximate surface area is 129 Å². The van der Waals surface area contributed by atoms with E-state index >= 15 is 0 Å². The van der Waals surface area contributed by atoms with E-state index < -0.39 is 0 Å². The average Bonchev–Trinajstić information content (AvgIpc) is 2.80. The molecule has 5 heteroatoms. The molecule has 114 valence electrons. The number of ether oxygens (including phenoxy) is 3. The summed E-state index contributed by atoms with van der Waals surface area (Å²) in [4.78, 5) is 0. The summed E-state index contributed by atoms with van der Waals surface area (Å²) in [6.07, 6.45) is 2.58. The van der Waals surface area contributed by atoms with Crippen molar-refractivity contribution in [2.75, 3.05) is 25.7 Å². The van der Waals surface area contributed by atoms with Gasteiger partial charge in [0, 0.05) is 18.1 Å². The SMILES string of the molecule is COc1cc2c(cc1C=NNc1ccccc1)OCCCO2. The summed E-state index contributed by atoms with van der Waals surface area (Å²) in [6.45, 7) is 1.30. The number of methoxy groups -OCH3 is 1. The molecule has 0 aromatic heterocycles. The molecule has 0 saturated carbocycles. The molecule has 5 nitrogen and oxygen atoms in total. The van der Waals surface area contributed by atoms with Gasteiger partial charge in [0.2, 0.25) is 0 Å². The molecular weight excluding hydrogens is 280 g/mol. The summed E-state index contributed by atoms with van der Waals surface area (Å²) in [5.41, 5.74) is 4.73. The molecule has 22 heavy (non-hydrogen) atoms. The maximum atomic E-state index is 5.69. The summed E-state index contributed by atoms with van der Waals surface area (Å²) >= 11 is 0. The zero-order valence-corrected chi connectivity index (χ0v) is 12.4. The van der Waals surface area contributed by atoms with Crippen molar-refractivity contribution in [3.05, 3.63) is 48.0 Å². The van der Waals surface area contributed by atoms with E-state index in [1.165, 1.54) is 0 Å². The van der Waals surface area contributed by atoms with Crippen LogP contribution < -0.4 is 19.6 Å². The maximum absolute atomic E-state index is 5.69. The van der Waals surface area contributed by atoms with Crippen LogP contribution in [-0.2, 0) is 0 Å². The lowest BCUT2D eigenvalue weighted by Gasteiger charge is -2.11. The largest absolute Gasteiger partial charge is 0.496 e. The second-order valence-corrected chi connectivity index (χ2v) is 4.83. The number of nitrogens with one attached hydrogen (secondary N) is 1. The highest BCUT2D eigenvalue weighted by Crippen LogP contribution is 2.35. The predicted octanol–water partition coefficient (Wildman–Crippen LogP) is 3.30. The lowest BCUT2D eigenvalue weighted by atomic mass is 10.2. The minimum Gasteiger partial charge on any atom is -0.496 e. The maximum Gasteiger partial charge on any atom is 0.164 e. The van der Waals surface area contributed by atoms with E-state index in [1.807, 2.05) is 42.5 Å². The molecule has 0 amide bonds. The molecule has 0 saturated heterocycles. The molecule has 1 heterocycles. The monoisotopic (exact) mass is 298 g/mol. The number of benzene rings is 2. The van der Waals surface area contributed by atoms with E-state index in [0.29, 0.717) is 24.7 Å². The topological polar surface area (TPSA) is 52.1 Å². The van der Waals surface area contributed by atoms with Crippen LogP contribution in [0.25, 0.3) is 0 Å². The van der Waals surface area contributed by atoms with Gasteiger partial charge in [0.05, 0.1) is 32.2 Å². The standard InChI is InChI=1S/C17H18N2O3/c1-20-15-11-17-16(21-8-5-9-22-17)10-13(15)12-18-19-14-6-3-2-4-7-14/h2-4,6-7,10-12,19H,5,8-9H2,1H3. The van der Waals surface area contributed by atoms with Gasteiger partial charge < -0.3 is 14.2 Å². The third kappa shape index (κ3) is 3.31. The van der Waals surface area contributed by atoms with E-state index in [2.05, 4.69) is 10.5 Å². The molecule has 2 aromatic carbocycles. The number of nitrogens with zero attached hydrogens (tertiary/aromatic N) is 1. The Balaban J connectivity index is 1.81. The molecule has 1 aliphatic heterocycles. The first-order valence-electron chi connectivity index (χ1n) is 7.18. The van der Waals surface area contributed by atoms with Gasteiger partial charge in [0.25, 0.3) is 0 Å². The molecule has 2 aromatic rings. The quantitative estimate of drug-likeness (QED) is 0.695. The zero-order chi connectivity index (χ0) is 15.2. The van der Waals surface area contributed by atoms with Crippen molar-refractivity contribution >= 4 is 11.9 Å². The Morgan fingerprint density at radius 3 is 2.55 bits per heavy atom. The van der Waals surface area contributed by atoms with Gasteiger partial charge in [-0.25, -0.2) is 0 Å². The van der Waals surface area contributed by atoms with Gasteiger partial charge in [-0.05, 0) is 18.2 Å². The Morgan fingerprint density at radius 2 is 1.82 bits per heavy atom. The Morgan fingerprint density at radius 1 is 1.09 bits per heavy atom. The van der Waals surface area contributed by atoms with Gasteiger partial charge in [-0.15, -0.1) is 0 Å². The van der Waals surface area contributed by atoms with E-state index in [-0.39, 0.29) is 0 Å². The van der Waals surface area contributed by atoms with Gasteiger partial charge in [0.15, 0.2) is 11.5 Å². The van der Waals surface area contributed by atoms with Gasteiger partial charge in [-0.1, -0.05) is 18.2 Å². The first kappa shape index (κ1) is 14.3. The fourth-order valence-corrected chi connectivity index (χ4v) is 2.17. The summed E-state index contributed by atoms with van der Waals surface area (Å²) in [6, 6.07) is 13.5. The van der Waals surface area contributed by atoms with Gasteiger partial charge in [0.1, 0.15) is 5.75 Å². The van der Waals surface area contributed by atoms with Crippen molar-refractivity contribution in [2.24, 2.45) is 5.10 Å². The lowest BCUT2D eigenvalue weighted by molar-refractivity contribution is 0.296. The summed E-state index contributed by atoms with van der Waals surface area (Å²) in [7, 11) is 1.63. The van der Waals surface area contributed by atoms with E-state index in [4.69, 9.17) is 14.2 Å². The molecular formula is C17H18N2O3. The highest BCUT2D eigenvalue weighted by Gasteiger charge is 2.14. The number of hydrazone groups is 1. The summed E-state index contributed by atoms with van der Waals surface area (Å²) in [5.74, 6) is 2.13. The summed E-state index contributed by atoms with van der Waals surface area (Å²) in [5, 5.41) is 4.24. The van der Waals surface area contributed by atoms with Crippen LogP contribution in [0.5, 0.6) is 17.2 Å². The number of anilines is 1. The van der Waals surface area contributed by atoms with Gasteiger partial charge >= 0.3 is 0 Å². The number of hydrogen-bond acceptors (Lipinski definition) is 5. The molecule has 0 atom stereocenters. The van der Waals surface area contributed by atoms with Crippen molar-refractivity contribution in [2.45, 2.75) is 6.42 Å². The molecule has 0 bridgehead atoms. The Bertz CT molecular complexity index is 656. The number of fused-ring (bicyclic) bond motifs is 1. The molecule has 1 aliphatic rings. The second-order valence-electron chi connectivity index (χ2n) is 4.83. The second kappa shape index (κ2) is 6.85. The molecule has 0 aliphatic carbocycles. The van der Waals surface area contributed by atoms with Crippen LogP contribution in [0.4, 0.5) is 5.69 Å². The van der Waals surface area contributed by atoms with Gasteiger partial charge in [-0.2, -0.15) is 5.10 Å². The highest BCUT2D eigenvalue weighted by molar-refractivity contribution is 5.85. The van der Waals surface area contributed by atoms with Crippen LogP contribution >= 0.6 is 0 Å². The van der Waals surface area contributed by atoms with E-state index in [9.17, 15) is 0 Å². The van der Waals surface area contributed by atoms with E-state index in [1.54, 1.807) is 13.3 Å². The van der Waals surface area contributed by atoms with E-state index in [0.717, 1.165) is 23.4 Å². The summed E-state index contributed by atoms with van der Waals surface area (Å²) < 4.78 is 16.7. The average molecular weight is 298 g/mol. The molecule has 3 rings (SSSR count). The van der Waals surface area contributed by atoms with Crippen LogP contribution in [0.1, 0.15) is 12.0 Å². The first-order valence-corrected chi connectivity index (χ1v) is 7.18. The third-order valence-electron chi connectivity index (χ3n) is 3.27. The molecule has 0 radical (unpaired) electrons. The zero-order valence-electron chi connectivity index (χ0n) is 12.4. The molecule has 0 spiro atoms. The normalized spacial score (nSPS) is 13.7. The van der Waals surface area contributed by atoms with Gasteiger partial charge in [-0.3, -0.25) is 5.43 Å². The van der Waals surface area contributed by atoms with Crippen LogP contribution in [0, 0.1) is 0 Å².